The number of carboxylic acids is 1. The first-order valence-electron chi connectivity index (χ1n) is 12.1. The molecule has 0 spiro atoms. The van der Waals surface area contributed by atoms with Gasteiger partial charge < -0.3 is 14.9 Å². The van der Waals surface area contributed by atoms with E-state index in [1.807, 2.05) is 13.8 Å². The summed E-state index contributed by atoms with van der Waals surface area (Å²) in [5, 5.41) is 29.4. The van der Waals surface area contributed by atoms with Crippen molar-refractivity contribution >= 4 is 26.8 Å². The van der Waals surface area contributed by atoms with E-state index in [-0.39, 0.29) is 32.4 Å². The van der Waals surface area contributed by atoms with Gasteiger partial charge in [-0.15, -0.1) is 15.0 Å². The van der Waals surface area contributed by atoms with Crippen LogP contribution in [-0.4, -0.2) is 46.2 Å². The molecule has 0 saturated carbocycles. The number of ether oxygens (including phenoxy) is 1. The van der Waals surface area contributed by atoms with E-state index in [1.54, 1.807) is 30.3 Å². The molecule has 0 aliphatic rings. The van der Waals surface area contributed by atoms with Crippen molar-refractivity contribution in [2.45, 2.75) is 56.2 Å². The average molecular weight is 538 g/mol. The van der Waals surface area contributed by atoms with E-state index in [0.29, 0.717) is 23.0 Å². The van der Waals surface area contributed by atoms with Gasteiger partial charge >= 0.3 is 5.97 Å². The first kappa shape index (κ1) is 27.1. The van der Waals surface area contributed by atoms with Gasteiger partial charge in [-0.25, -0.2) is 13.2 Å². The summed E-state index contributed by atoms with van der Waals surface area (Å²) in [5.74, 6) is -0.963. The molecule has 2 N–H and O–H groups in total. The van der Waals surface area contributed by atoms with Crippen LogP contribution in [0.5, 0.6) is 11.5 Å². The Balaban J connectivity index is 1.83. The number of hydrogen-bond acceptors (Lipinski definition) is 7. The lowest BCUT2D eigenvalue weighted by Crippen LogP contribution is -2.25. The van der Waals surface area contributed by atoms with Crippen LogP contribution in [0.25, 0.3) is 16.7 Å². The second-order valence-electron chi connectivity index (χ2n) is 11.1. The Morgan fingerprint density at radius 1 is 0.921 bits per heavy atom. The molecule has 0 unspecified atom stereocenters. The Kier molecular flexibility index (Phi) is 6.96. The molecule has 0 saturated heterocycles. The summed E-state index contributed by atoms with van der Waals surface area (Å²) in [5.41, 5.74) is 0.904. The zero-order valence-corrected chi connectivity index (χ0v) is 22.8. The summed E-state index contributed by atoms with van der Waals surface area (Å²) in [6, 6.07) is 15.7. The second-order valence-corrected chi connectivity index (χ2v) is 13.0. The molecule has 3 aromatic carbocycles. The molecule has 200 valence electrons. The molecule has 0 radical (unpaired) electrons. The van der Waals surface area contributed by atoms with Gasteiger partial charge in [0, 0.05) is 11.6 Å². The van der Waals surface area contributed by atoms with Crippen molar-refractivity contribution in [1.29, 1.82) is 0 Å². The third kappa shape index (κ3) is 5.65. The Morgan fingerprint density at radius 3 is 2.21 bits per heavy atom. The fourth-order valence-electron chi connectivity index (χ4n) is 4.82. The third-order valence-corrected chi connectivity index (χ3v) is 7.83. The van der Waals surface area contributed by atoms with Crippen molar-refractivity contribution in [3.63, 3.8) is 0 Å². The highest BCUT2D eigenvalue weighted by molar-refractivity contribution is 7.91. The largest absolute Gasteiger partial charge is 0.505 e. The second kappa shape index (κ2) is 9.75. The number of hydrogen-bond donors (Lipinski definition) is 2. The van der Waals surface area contributed by atoms with Gasteiger partial charge in [0.05, 0.1) is 9.79 Å². The van der Waals surface area contributed by atoms with Crippen molar-refractivity contribution in [1.82, 2.24) is 15.0 Å². The van der Waals surface area contributed by atoms with Crippen LogP contribution in [0.1, 0.15) is 46.6 Å². The van der Waals surface area contributed by atoms with E-state index in [0.717, 1.165) is 0 Å². The van der Waals surface area contributed by atoms with Crippen LogP contribution in [0.15, 0.2) is 70.5 Å². The molecule has 4 rings (SSSR count). The van der Waals surface area contributed by atoms with Gasteiger partial charge in [0.2, 0.25) is 9.84 Å². The lowest BCUT2D eigenvalue weighted by molar-refractivity contribution is -0.139. The normalized spacial score (nSPS) is 12.6. The van der Waals surface area contributed by atoms with Crippen LogP contribution in [0.4, 0.5) is 0 Å². The van der Waals surface area contributed by atoms with Crippen LogP contribution < -0.4 is 4.74 Å². The van der Waals surface area contributed by atoms with Crippen molar-refractivity contribution in [2.24, 2.45) is 5.41 Å². The number of phenols is 1. The van der Waals surface area contributed by atoms with E-state index in [4.69, 9.17) is 9.84 Å². The fraction of sp³-hybridized carbons (Fsp3) is 0.321. The minimum atomic E-state index is -3.76. The molecule has 38 heavy (non-hydrogen) atoms. The van der Waals surface area contributed by atoms with Crippen molar-refractivity contribution < 1.29 is 28.2 Å². The van der Waals surface area contributed by atoms with Gasteiger partial charge in [0.15, 0.2) is 6.61 Å². The van der Waals surface area contributed by atoms with Gasteiger partial charge in [-0.1, -0.05) is 52.8 Å². The van der Waals surface area contributed by atoms with Crippen molar-refractivity contribution in [3.05, 3.63) is 66.2 Å². The Bertz CT molecular complexity index is 1600. The Labute approximate surface area is 221 Å². The quantitative estimate of drug-likeness (QED) is 0.316. The number of sulfone groups is 1. The monoisotopic (exact) mass is 537 g/mol. The van der Waals surface area contributed by atoms with Crippen molar-refractivity contribution in [3.8, 4) is 17.2 Å². The van der Waals surface area contributed by atoms with Crippen LogP contribution in [0, 0.1) is 5.41 Å². The molecule has 4 aromatic rings. The summed E-state index contributed by atoms with van der Waals surface area (Å²) in [6.45, 7) is 9.72. The van der Waals surface area contributed by atoms with Crippen LogP contribution in [0.2, 0.25) is 0 Å². The zero-order valence-electron chi connectivity index (χ0n) is 22.0. The Hall–Kier alpha value is -3.92. The highest BCUT2D eigenvalue weighted by Crippen LogP contribution is 2.44. The third-order valence-electron chi connectivity index (χ3n) is 6.06. The Morgan fingerprint density at radius 2 is 1.58 bits per heavy atom. The maximum absolute atomic E-state index is 13.1. The van der Waals surface area contributed by atoms with Gasteiger partial charge in [-0.3, -0.25) is 0 Å². The van der Waals surface area contributed by atoms with Gasteiger partial charge in [-0.05, 0) is 53.6 Å². The highest BCUT2D eigenvalue weighted by Gasteiger charge is 2.32. The van der Waals surface area contributed by atoms with E-state index < -0.39 is 27.8 Å². The van der Waals surface area contributed by atoms with Gasteiger partial charge in [0.1, 0.15) is 28.2 Å². The molecular formula is C28H31N3O6S. The number of fused-ring (bicyclic) bond motifs is 1. The molecule has 1 heterocycles. The minimum Gasteiger partial charge on any atom is -0.505 e. The SMILES string of the molecule is CC(C)(C)CC(C)(C)c1cc(OCC(=O)O)cc(-n2nc3ccc(S(=O)(=O)c4ccccc4)cc3n2)c1O. The van der Waals surface area contributed by atoms with Crippen LogP contribution in [0.3, 0.4) is 0 Å². The molecule has 0 amide bonds. The van der Waals surface area contributed by atoms with E-state index >= 15 is 0 Å². The van der Waals surface area contributed by atoms with Gasteiger partial charge in [-0.2, -0.15) is 0 Å². The number of nitrogens with zero attached hydrogens (tertiary/aromatic N) is 3. The average Bonchev–Trinajstić information content (AvgIpc) is 3.25. The molecule has 10 heteroatoms. The van der Waals surface area contributed by atoms with Crippen LogP contribution >= 0.6 is 0 Å². The summed E-state index contributed by atoms with van der Waals surface area (Å²) in [7, 11) is -3.76. The summed E-state index contributed by atoms with van der Waals surface area (Å²) >= 11 is 0. The zero-order chi connectivity index (χ0) is 27.9. The molecule has 0 fully saturated rings. The predicted octanol–water partition coefficient (Wildman–Crippen LogP) is 5.14. The smallest absolute Gasteiger partial charge is 0.341 e. The van der Waals surface area contributed by atoms with E-state index in [9.17, 15) is 18.3 Å². The molecule has 0 aliphatic carbocycles. The predicted molar refractivity (Wildman–Crippen MR) is 143 cm³/mol. The molecular weight excluding hydrogens is 506 g/mol. The number of rotatable bonds is 8. The molecule has 9 nitrogen and oxygen atoms in total. The fourth-order valence-corrected chi connectivity index (χ4v) is 6.12. The van der Waals surface area contributed by atoms with E-state index in [1.165, 1.54) is 35.1 Å². The maximum atomic E-state index is 13.1. The molecule has 0 aliphatic heterocycles. The number of carboxylic acid groups (broad SMARTS) is 1. The van der Waals surface area contributed by atoms with E-state index in [2.05, 4.69) is 31.0 Å². The number of phenolic OH excluding ortho intramolecular Hbond substituents is 1. The number of aromatic nitrogens is 3. The van der Waals surface area contributed by atoms with Crippen molar-refractivity contribution in [2.75, 3.05) is 6.61 Å². The first-order chi connectivity index (χ1) is 17.7. The maximum Gasteiger partial charge on any atom is 0.341 e. The standard InChI is InChI=1S/C28H31N3O6S/c1-27(2,3)17-28(4,5)21-13-18(37-16-25(32)33)14-24(26(21)34)31-29-22-12-11-20(15-23(22)30-31)38(35,36)19-9-7-6-8-10-19/h6-15,34H,16-17H2,1-5H3,(H,32,33). The lowest BCUT2D eigenvalue weighted by Gasteiger charge is -2.34. The van der Waals surface area contributed by atoms with Crippen LogP contribution in [-0.2, 0) is 20.0 Å². The summed E-state index contributed by atoms with van der Waals surface area (Å²) < 4.78 is 31.7. The number of aromatic hydroxyl groups is 1. The summed E-state index contributed by atoms with van der Waals surface area (Å²) in [4.78, 5) is 12.6. The number of carbonyl (C=O) groups is 1. The highest BCUT2D eigenvalue weighted by atomic mass is 32.2. The topological polar surface area (TPSA) is 132 Å². The molecule has 1 aromatic heterocycles. The molecule has 0 atom stereocenters. The lowest BCUT2D eigenvalue weighted by atomic mass is 9.72. The summed E-state index contributed by atoms with van der Waals surface area (Å²) in [6.07, 6.45) is 0.713. The van der Waals surface area contributed by atoms with Gasteiger partial charge in [0.25, 0.3) is 0 Å². The minimum absolute atomic E-state index is 0.0622. The molecule has 0 bridgehead atoms. The first-order valence-corrected chi connectivity index (χ1v) is 13.6. The number of aliphatic carboxylic acids is 1. The number of benzene rings is 3.